The van der Waals surface area contributed by atoms with Crippen molar-refractivity contribution in [3.05, 3.63) is 11.7 Å². The normalized spacial score (nSPS) is 22.9. The quantitative estimate of drug-likeness (QED) is 0.439. The SMILES string of the molecule is [B]C1=COC(C(=O)NC(O)C(Cl)(Cl)Cl)C1. The maximum atomic E-state index is 11.4. The van der Waals surface area contributed by atoms with Gasteiger partial charge in [0.2, 0.25) is 3.79 Å². The van der Waals surface area contributed by atoms with Crippen LogP contribution < -0.4 is 5.32 Å². The van der Waals surface area contributed by atoms with Crippen molar-refractivity contribution in [3.8, 4) is 0 Å². The summed E-state index contributed by atoms with van der Waals surface area (Å²) in [5.74, 6) is -0.592. The number of alkyl halides is 3. The maximum absolute atomic E-state index is 11.4. The van der Waals surface area contributed by atoms with Gasteiger partial charge in [0.25, 0.3) is 5.91 Å². The number of hydrogen-bond donors (Lipinski definition) is 2. The van der Waals surface area contributed by atoms with Crippen LogP contribution in [0, 0.1) is 0 Å². The van der Waals surface area contributed by atoms with Crippen LogP contribution in [0.15, 0.2) is 11.7 Å². The molecule has 1 aliphatic rings. The van der Waals surface area contributed by atoms with E-state index in [4.69, 9.17) is 47.4 Å². The number of carbonyl (C=O) groups excluding carboxylic acids is 1. The maximum Gasteiger partial charge on any atom is 0.263 e. The summed E-state index contributed by atoms with van der Waals surface area (Å²) in [6.07, 6.45) is -0.864. The first-order valence-corrected chi connectivity index (χ1v) is 5.09. The van der Waals surface area contributed by atoms with E-state index in [9.17, 15) is 9.90 Å². The van der Waals surface area contributed by atoms with Crippen LogP contribution in [0.5, 0.6) is 0 Å². The van der Waals surface area contributed by atoms with Gasteiger partial charge in [0.15, 0.2) is 12.3 Å². The summed E-state index contributed by atoms with van der Waals surface area (Å²) >= 11 is 16.1. The number of amides is 1. The van der Waals surface area contributed by atoms with Crippen molar-refractivity contribution >= 4 is 48.6 Å². The number of carbonyl (C=O) groups is 1. The summed E-state index contributed by atoms with van der Waals surface area (Å²) in [6, 6.07) is 0. The Balaban J connectivity index is 2.44. The Kier molecular flexibility index (Phi) is 4.17. The van der Waals surface area contributed by atoms with E-state index in [1.54, 1.807) is 0 Å². The van der Waals surface area contributed by atoms with Crippen LogP contribution >= 0.6 is 34.8 Å². The Hall–Kier alpha value is -0.0951. The van der Waals surface area contributed by atoms with Crippen molar-refractivity contribution in [2.75, 3.05) is 0 Å². The number of aliphatic hydroxyl groups is 1. The molecule has 1 rings (SSSR count). The molecule has 0 aromatic heterocycles. The lowest BCUT2D eigenvalue weighted by Gasteiger charge is -2.21. The number of hydrogen-bond acceptors (Lipinski definition) is 3. The molecule has 0 saturated heterocycles. The molecule has 0 aromatic rings. The zero-order valence-corrected chi connectivity index (χ0v) is 9.68. The predicted molar refractivity (Wildman–Crippen MR) is 57.8 cm³/mol. The van der Waals surface area contributed by atoms with Crippen LogP contribution in [0.4, 0.5) is 0 Å². The number of nitrogens with one attached hydrogen (secondary N) is 1. The van der Waals surface area contributed by atoms with E-state index < -0.39 is 22.0 Å². The summed E-state index contributed by atoms with van der Waals surface area (Å²) < 4.78 is 2.92. The van der Waals surface area contributed by atoms with Crippen molar-refractivity contribution in [2.45, 2.75) is 22.5 Å². The molecular formula is C7H7BCl3NO3. The highest BCUT2D eigenvalue weighted by Gasteiger charge is 2.34. The Bertz CT molecular complexity index is 292. The van der Waals surface area contributed by atoms with Gasteiger partial charge in [0.05, 0.1) is 6.26 Å². The highest BCUT2D eigenvalue weighted by atomic mass is 35.6. The van der Waals surface area contributed by atoms with E-state index >= 15 is 0 Å². The fourth-order valence-corrected chi connectivity index (χ4v) is 1.11. The molecule has 0 fully saturated rings. The average molecular weight is 270 g/mol. The molecule has 82 valence electrons. The first-order valence-electron chi connectivity index (χ1n) is 3.96. The van der Waals surface area contributed by atoms with Gasteiger partial charge in [-0.15, -0.1) is 0 Å². The molecule has 0 saturated carbocycles. The van der Waals surface area contributed by atoms with Gasteiger partial charge < -0.3 is 15.2 Å². The largest absolute Gasteiger partial charge is 0.489 e. The van der Waals surface area contributed by atoms with Crippen molar-refractivity contribution in [1.82, 2.24) is 5.32 Å². The van der Waals surface area contributed by atoms with Gasteiger partial charge in [-0.3, -0.25) is 4.79 Å². The topological polar surface area (TPSA) is 58.6 Å². The van der Waals surface area contributed by atoms with Crippen LogP contribution in [0.1, 0.15) is 6.42 Å². The molecule has 2 atom stereocenters. The van der Waals surface area contributed by atoms with E-state index in [0.717, 1.165) is 0 Å². The van der Waals surface area contributed by atoms with E-state index in [1.165, 1.54) is 6.26 Å². The minimum Gasteiger partial charge on any atom is -0.489 e. The molecule has 2 N–H and O–H groups in total. The molecule has 15 heavy (non-hydrogen) atoms. The van der Waals surface area contributed by atoms with Crippen LogP contribution in [0.2, 0.25) is 0 Å². The molecule has 0 spiro atoms. The van der Waals surface area contributed by atoms with Gasteiger partial charge in [0, 0.05) is 6.42 Å². The Labute approximate surface area is 103 Å². The molecule has 2 unspecified atom stereocenters. The minimum atomic E-state index is -1.98. The van der Waals surface area contributed by atoms with Crippen LogP contribution in [-0.2, 0) is 9.53 Å². The second kappa shape index (κ2) is 4.83. The van der Waals surface area contributed by atoms with Crippen molar-refractivity contribution in [1.29, 1.82) is 0 Å². The zero-order chi connectivity index (χ0) is 11.6. The Morgan fingerprint density at radius 2 is 2.33 bits per heavy atom. The fraction of sp³-hybridized carbons (Fsp3) is 0.571. The molecular weight excluding hydrogens is 263 g/mol. The molecule has 1 amide bonds. The fourth-order valence-electron chi connectivity index (χ4n) is 0.944. The monoisotopic (exact) mass is 269 g/mol. The van der Waals surface area contributed by atoms with Crippen LogP contribution in [0.3, 0.4) is 0 Å². The summed E-state index contributed by atoms with van der Waals surface area (Å²) in [4.78, 5) is 11.4. The second-order valence-corrected chi connectivity index (χ2v) is 5.34. The summed E-state index contributed by atoms with van der Waals surface area (Å²) in [5, 5.41) is 11.3. The predicted octanol–water partition coefficient (Wildman–Crippen LogP) is 0.590. The number of rotatable bonds is 2. The molecule has 4 nitrogen and oxygen atoms in total. The van der Waals surface area contributed by atoms with Crippen LogP contribution in [0.25, 0.3) is 0 Å². The second-order valence-electron chi connectivity index (χ2n) is 2.97. The van der Waals surface area contributed by atoms with Gasteiger partial charge in [-0.1, -0.05) is 40.3 Å². The standard InChI is InChI=1S/C7H7BCl3NO3/c8-3-1-4(15-2-3)5(13)12-6(14)7(9,10)11/h2,4,6,14H,1H2,(H,12,13). The van der Waals surface area contributed by atoms with Gasteiger partial charge in [-0.05, 0) is 0 Å². The van der Waals surface area contributed by atoms with Gasteiger partial charge in [-0.2, -0.15) is 0 Å². The number of aliphatic hydroxyl groups excluding tert-OH is 1. The molecule has 2 radical (unpaired) electrons. The highest BCUT2D eigenvalue weighted by Crippen LogP contribution is 2.29. The lowest BCUT2D eigenvalue weighted by molar-refractivity contribution is -0.131. The molecule has 1 heterocycles. The smallest absolute Gasteiger partial charge is 0.263 e. The van der Waals surface area contributed by atoms with E-state index in [0.29, 0.717) is 5.47 Å². The third kappa shape index (κ3) is 3.76. The molecule has 0 aromatic carbocycles. The average Bonchev–Trinajstić information content (AvgIpc) is 2.50. The van der Waals surface area contributed by atoms with Gasteiger partial charge >= 0.3 is 0 Å². The third-order valence-corrected chi connectivity index (χ3v) is 2.31. The Morgan fingerprint density at radius 3 is 2.73 bits per heavy atom. The third-order valence-electron chi connectivity index (χ3n) is 1.69. The first-order chi connectivity index (χ1) is 6.80. The Morgan fingerprint density at radius 1 is 1.73 bits per heavy atom. The molecule has 1 aliphatic heterocycles. The van der Waals surface area contributed by atoms with Gasteiger partial charge in [0.1, 0.15) is 7.85 Å². The summed E-state index contributed by atoms with van der Waals surface area (Å²) in [5.41, 5.74) is 0.443. The van der Waals surface area contributed by atoms with Gasteiger partial charge in [-0.25, -0.2) is 0 Å². The zero-order valence-electron chi connectivity index (χ0n) is 7.41. The number of halogens is 3. The van der Waals surface area contributed by atoms with Crippen molar-refractivity contribution in [2.24, 2.45) is 0 Å². The van der Waals surface area contributed by atoms with Crippen molar-refractivity contribution < 1.29 is 14.6 Å². The van der Waals surface area contributed by atoms with Crippen molar-refractivity contribution in [3.63, 3.8) is 0 Å². The molecule has 8 heteroatoms. The summed E-state index contributed by atoms with van der Waals surface area (Å²) in [7, 11) is 5.39. The summed E-state index contributed by atoms with van der Waals surface area (Å²) in [6.45, 7) is 0. The number of ether oxygens (including phenoxy) is 1. The molecule has 0 bridgehead atoms. The minimum absolute atomic E-state index is 0.248. The highest BCUT2D eigenvalue weighted by molar-refractivity contribution is 6.68. The van der Waals surface area contributed by atoms with E-state index in [1.807, 2.05) is 0 Å². The van der Waals surface area contributed by atoms with E-state index in [2.05, 4.69) is 5.32 Å². The first kappa shape index (κ1) is 13.0. The molecule has 0 aliphatic carbocycles. The van der Waals surface area contributed by atoms with Crippen LogP contribution in [-0.4, -0.2) is 35.0 Å². The lowest BCUT2D eigenvalue weighted by Crippen LogP contribution is -2.47. The lowest BCUT2D eigenvalue weighted by atomic mass is 9.93. The van der Waals surface area contributed by atoms with E-state index in [-0.39, 0.29) is 6.42 Å².